The van der Waals surface area contributed by atoms with Gasteiger partial charge in [-0.1, -0.05) is 6.42 Å². The third-order valence-corrected chi connectivity index (χ3v) is 3.33. The van der Waals surface area contributed by atoms with Crippen molar-refractivity contribution in [1.29, 1.82) is 0 Å². The normalized spacial score (nSPS) is 16.9. The van der Waals surface area contributed by atoms with Gasteiger partial charge in [-0.05, 0) is 25.7 Å². The van der Waals surface area contributed by atoms with E-state index in [4.69, 9.17) is 4.74 Å². The maximum absolute atomic E-state index is 6.02. The average Bonchev–Trinajstić information content (AvgIpc) is 2.88. The van der Waals surface area contributed by atoms with E-state index >= 15 is 0 Å². The predicted molar refractivity (Wildman–Crippen MR) is 68.7 cm³/mol. The molecule has 96 valence electrons. The van der Waals surface area contributed by atoms with Gasteiger partial charge >= 0.3 is 0 Å². The first-order chi connectivity index (χ1) is 8.86. The van der Waals surface area contributed by atoms with Crippen molar-refractivity contribution in [3.05, 3.63) is 6.20 Å². The molecule has 0 radical (unpaired) electrons. The van der Waals surface area contributed by atoms with Crippen molar-refractivity contribution >= 4 is 17.0 Å². The summed E-state index contributed by atoms with van der Waals surface area (Å²) in [6.07, 6.45) is 8.00. The van der Waals surface area contributed by atoms with Crippen molar-refractivity contribution in [3.8, 4) is 5.88 Å². The van der Waals surface area contributed by atoms with Crippen LogP contribution in [0.4, 0.5) is 5.95 Å². The lowest BCUT2D eigenvalue weighted by Gasteiger charge is -2.22. The van der Waals surface area contributed by atoms with E-state index in [2.05, 4.69) is 25.5 Å². The summed E-state index contributed by atoms with van der Waals surface area (Å²) < 4.78 is 6.02. The molecule has 2 N–H and O–H groups in total. The van der Waals surface area contributed by atoms with Gasteiger partial charge < -0.3 is 10.1 Å². The molecule has 0 spiro atoms. The fourth-order valence-corrected chi connectivity index (χ4v) is 2.35. The van der Waals surface area contributed by atoms with Gasteiger partial charge in [-0.15, -0.1) is 0 Å². The fraction of sp³-hybridized carbons (Fsp3) is 0.583. The molecule has 1 aliphatic rings. The zero-order valence-electron chi connectivity index (χ0n) is 10.4. The summed E-state index contributed by atoms with van der Waals surface area (Å²) in [6.45, 7) is 0. The van der Waals surface area contributed by atoms with E-state index in [0.717, 1.165) is 18.2 Å². The van der Waals surface area contributed by atoms with Crippen LogP contribution in [0.5, 0.6) is 5.88 Å². The van der Waals surface area contributed by atoms with E-state index in [-0.39, 0.29) is 6.10 Å². The van der Waals surface area contributed by atoms with Crippen LogP contribution in [0.15, 0.2) is 6.20 Å². The lowest BCUT2D eigenvalue weighted by atomic mass is 9.98. The Morgan fingerprint density at radius 3 is 2.89 bits per heavy atom. The number of anilines is 1. The zero-order chi connectivity index (χ0) is 12.4. The SMILES string of the molecule is CNc1nc(OC2CCCCC2)c2cn[nH]c2n1. The molecule has 0 atom stereocenters. The van der Waals surface area contributed by atoms with Crippen LogP contribution >= 0.6 is 0 Å². The number of hydrogen-bond donors (Lipinski definition) is 2. The summed E-state index contributed by atoms with van der Waals surface area (Å²) in [6, 6.07) is 0. The highest BCUT2D eigenvalue weighted by molar-refractivity contribution is 5.80. The Hall–Kier alpha value is -1.85. The molecule has 0 aliphatic heterocycles. The summed E-state index contributed by atoms with van der Waals surface area (Å²) in [4.78, 5) is 8.67. The minimum absolute atomic E-state index is 0.274. The lowest BCUT2D eigenvalue weighted by molar-refractivity contribution is 0.151. The van der Waals surface area contributed by atoms with Gasteiger partial charge in [-0.3, -0.25) is 5.10 Å². The van der Waals surface area contributed by atoms with Gasteiger partial charge in [0.15, 0.2) is 5.65 Å². The summed E-state index contributed by atoms with van der Waals surface area (Å²) in [5, 5.41) is 10.6. The molecule has 0 amide bonds. The highest BCUT2D eigenvalue weighted by atomic mass is 16.5. The van der Waals surface area contributed by atoms with Gasteiger partial charge in [-0.2, -0.15) is 15.1 Å². The highest BCUT2D eigenvalue weighted by Gasteiger charge is 2.18. The largest absolute Gasteiger partial charge is 0.474 e. The van der Waals surface area contributed by atoms with Crippen molar-refractivity contribution in [2.75, 3.05) is 12.4 Å². The molecule has 3 rings (SSSR count). The molecule has 0 aromatic carbocycles. The molecule has 2 heterocycles. The molecule has 6 heteroatoms. The molecular formula is C12H17N5O. The summed E-state index contributed by atoms with van der Waals surface area (Å²) in [5.41, 5.74) is 0.708. The highest BCUT2D eigenvalue weighted by Crippen LogP contribution is 2.27. The first kappa shape index (κ1) is 11.3. The van der Waals surface area contributed by atoms with Gasteiger partial charge in [-0.25, -0.2) is 0 Å². The standard InChI is InChI=1S/C12H17N5O/c1-13-12-15-10-9(7-14-17-10)11(16-12)18-8-5-3-2-4-6-8/h7-8H,2-6H2,1H3,(H2,13,14,15,16,17). The van der Waals surface area contributed by atoms with E-state index in [1.165, 1.54) is 19.3 Å². The number of nitrogens with zero attached hydrogens (tertiary/aromatic N) is 3. The van der Waals surface area contributed by atoms with Crippen LogP contribution in [0.1, 0.15) is 32.1 Å². The first-order valence-corrected chi connectivity index (χ1v) is 6.42. The lowest BCUT2D eigenvalue weighted by Crippen LogP contribution is -2.20. The molecule has 0 bridgehead atoms. The molecule has 1 fully saturated rings. The minimum Gasteiger partial charge on any atom is -0.474 e. The third-order valence-electron chi connectivity index (χ3n) is 3.33. The molecule has 6 nitrogen and oxygen atoms in total. The van der Waals surface area contributed by atoms with Crippen LogP contribution in [0, 0.1) is 0 Å². The number of ether oxygens (including phenoxy) is 1. The molecule has 0 unspecified atom stereocenters. The predicted octanol–water partition coefficient (Wildman–Crippen LogP) is 2.11. The number of rotatable bonds is 3. The summed E-state index contributed by atoms with van der Waals surface area (Å²) >= 11 is 0. The third kappa shape index (κ3) is 2.10. The second-order valence-corrected chi connectivity index (χ2v) is 4.61. The van der Waals surface area contributed by atoms with Crippen molar-refractivity contribution in [1.82, 2.24) is 20.2 Å². The van der Waals surface area contributed by atoms with Gasteiger partial charge in [0.1, 0.15) is 11.5 Å². The Morgan fingerprint density at radius 1 is 1.28 bits per heavy atom. The van der Waals surface area contributed by atoms with Crippen molar-refractivity contribution in [2.45, 2.75) is 38.2 Å². The monoisotopic (exact) mass is 247 g/mol. The van der Waals surface area contributed by atoms with Crippen LogP contribution < -0.4 is 10.1 Å². The molecule has 0 saturated heterocycles. The first-order valence-electron chi connectivity index (χ1n) is 6.42. The number of H-pyrrole nitrogens is 1. The van der Waals surface area contributed by atoms with Crippen molar-refractivity contribution in [2.24, 2.45) is 0 Å². The van der Waals surface area contributed by atoms with Crippen LogP contribution in [-0.2, 0) is 0 Å². The van der Waals surface area contributed by atoms with E-state index in [9.17, 15) is 0 Å². The Morgan fingerprint density at radius 2 is 2.11 bits per heavy atom. The number of aromatic nitrogens is 4. The maximum Gasteiger partial charge on any atom is 0.229 e. The summed E-state index contributed by atoms with van der Waals surface area (Å²) in [5.74, 6) is 1.18. The fourth-order valence-electron chi connectivity index (χ4n) is 2.35. The Balaban J connectivity index is 1.91. The Bertz CT molecular complexity index is 532. The van der Waals surface area contributed by atoms with Crippen molar-refractivity contribution < 1.29 is 4.74 Å². The Kier molecular flexibility index (Phi) is 3.00. The molecule has 2 aromatic rings. The van der Waals surface area contributed by atoms with E-state index < -0.39 is 0 Å². The maximum atomic E-state index is 6.02. The minimum atomic E-state index is 0.274. The molecule has 2 aromatic heterocycles. The molecule has 1 aliphatic carbocycles. The second-order valence-electron chi connectivity index (χ2n) is 4.61. The van der Waals surface area contributed by atoms with Crippen LogP contribution in [-0.4, -0.2) is 33.3 Å². The van der Waals surface area contributed by atoms with E-state index in [1.54, 1.807) is 13.2 Å². The van der Waals surface area contributed by atoms with E-state index in [0.29, 0.717) is 17.5 Å². The smallest absolute Gasteiger partial charge is 0.229 e. The molecule has 18 heavy (non-hydrogen) atoms. The number of aromatic amines is 1. The Labute approximate surface area is 105 Å². The van der Waals surface area contributed by atoms with Gasteiger partial charge in [0.2, 0.25) is 11.8 Å². The topological polar surface area (TPSA) is 75.7 Å². The molecule has 1 saturated carbocycles. The van der Waals surface area contributed by atoms with Crippen LogP contribution in [0.2, 0.25) is 0 Å². The van der Waals surface area contributed by atoms with Crippen molar-refractivity contribution in [3.63, 3.8) is 0 Å². The number of hydrogen-bond acceptors (Lipinski definition) is 5. The second kappa shape index (κ2) is 4.80. The van der Waals surface area contributed by atoms with Crippen LogP contribution in [0.25, 0.3) is 11.0 Å². The van der Waals surface area contributed by atoms with E-state index in [1.807, 2.05) is 0 Å². The van der Waals surface area contributed by atoms with Gasteiger partial charge in [0.25, 0.3) is 0 Å². The molecular weight excluding hydrogens is 230 g/mol. The van der Waals surface area contributed by atoms with Gasteiger partial charge in [0.05, 0.1) is 6.20 Å². The van der Waals surface area contributed by atoms with Gasteiger partial charge in [0, 0.05) is 7.05 Å². The number of fused-ring (bicyclic) bond motifs is 1. The quantitative estimate of drug-likeness (QED) is 0.868. The number of nitrogens with one attached hydrogen (secondary N) is 2. The average molecular weight is 247 g/mol. The van der Waals surface area contributed by atoms with Crippen LogP contribution in [0.3, 0.4) is 0 Å². The zero-order valence-corrected chi connectivity index (χ0v) is 10.4. The summed E-state index contributed by atoms with van der Waals surface area (Å²) in [7, 11) is 1.79.